The lowest BCUT2D eigenvalue weighted by Crippen LogP contribution is -2.47. The molecule has 2 rings (SSSR count). The molecule has 1 aromatic rings. The summed E-state index contributed by atoms with van der Waals surface area (Å²) in [5.74, 6) is 0.587. The van der Waals surface area contributed by atoms with Crippen LogP contribution in [0, 0.1) is 0 Å². The maximum atomic E-state index is 9.39. The second-order valence-electron chi connectivity index (χ2n) is 5.00. The zero-order valence-electron chi connectivity index (χ0n) is 10.4. The zero-order valence-corrected chi connectivity index (χ0v) is 10.4. The molecule has 0 aromatic heterocycles. The maximum absolute atomic E-state index is 9.39. The van der Waals surface area contributed by atoms with Crippen LogP contribution >= 0.6 is 0 Å². The van der Waals surface area contributed by atoms with Gasteiger partial charge in [-0.25, -0.2) is 0 Å². The van der Waals surface area contributed by atoms with E-state index in [-0.39, 0.29) is 18.7 Å². The predicted octanol–water partition coefficient (Wildman–Crippen LogP) is 1.18. The van der Waals surface area contributed by atoms with Crippen LogP contribution in [-0.2, 0) is 0 Å². The Bertz CT molecular complexity index is 339. The second-order valence-corrected chi connectivity index (χ2v) is 5.00. The normalized spacial score (nSPS) is 24.8. The maximum Gasteiger partial charge on any atom is 0.0601 e. The monoisotopic (exact) mass is 234 g/mol. The molecule has 1 fully saturated rings. The Hall–Kier alpha value is -0.900. The van der Waals surface area contributed by atoms with E-state index in [0.29, 0.717) is 5.92 Å². The van der Waals surface area contributed by atoms with Gasteiger partial charge in [-0.3, -0.25) is 4.90 Å². The first kappa shape index (κ1) is 12.6. The first-order valence-electron chi connectivity index (χ1n) is 6.38. The molecular weight excluding hydrogens is 212 g/mol. The molecule has 1 aromatic carbocycles. The molecule has 1 aliphatic rings. The average Bonchev–Trinajstić information content (AvgIpc) is 2.80. The van der Waals surface area contributed by atoms with Crippen molar-refractivity contribution < 1.29 is 5.11 Å². The van der Waals surface area contributed by atoms with Gasteiger partial charge < -0.3 is 10.8 Å². The Balaban J connectivity index is 2.00. The third-order valence-corrected chi connectivity index (χ3v) is 3.75. The first-order valence-corrected chi connectivity index (χ1v) is 6.38. The highest BCUT2D eigenvalue weighted by Crippen LogP contribution is 2.28. The average molecular weight is 234 g/mol. The lowest BCUT2D eigenvalue weighted by atomic mass is 9.99. The molecule has 3 heteroatoms. The van der Waals surface area contributed by atoms with Crippen molar-refractivity contribution in [3.8, 4) is 0 Å². The lowest BCUT2D eigenvalue weighted by Gasteiger charge is -2.29. The van der Waals surface area contributed by atoms with Gasteiger partial charge in [0.05, 0.1) is 6.61 Å². The highest BCUT2D eigenvalue weighted by atomic mass is 16.3. The predicted molar refractivity (Wildman–Crippen MR) is 69.9 cm³/mol. The minimum absolute atomic E-state index is 0.0227. The molecule has 3 unspecified atom stereocenters. The van der Waals surface area contributed by atoms with E-state index in [2.05, 4.69) is 35.2 Å². The van der Waals surface area contributed by atoms with Crippen molar-refractivity contribution in [1.29, 1.82) is 0 Å². The quantitative estimate of drug-likeness (QED) is 0.822. The number of aliphatic hydroxyl groups excluding tert-OH is 1. The van der Waals surface area contributed by atoms with E-state index in [4.69, 9.17) is 5.73 Å². The summed E-state index contributed by atoms with van der Waals surface area (Å²) < 4.78 is 0. The Kier molecular flexibility index (Phi) is 4.15. The largest absolute Gasteiger partial charge is 0.395 e. The Morgan fingerprint density at radius 2 is 2.12 bits per heavy atom. The van der Waals surface area contributed by atoms with Crippen LogP contribution in [0.2, 0.25) is 0 Å². The number of aliphatic hydroxyl groups is 1. The number of benzene rings is 1. The van der Waals surface area contributed by atoms with Gasteiger partial charge in [0.25, 0.3) is 0 Å². The Morgan fingerprint density at radius 1 is 1.41 bits per heavy atom. The smallest absolute Gasteiger partial charge is 0.0601 e. The van der Waals surface area contributed by atoms with E-state index in [1.54, 1.807) is 0 Å². The van der Waals surface area contributed by atoms with Crippen molar-refractivity contribution >= 4 is 0 Å². The molecule has 3 nitrogen and oxygen atoms in total. The molecule has 0 aliphatic carbocycles. The highest BCUT2D eigenvalue weighted by molar-refractivity contribution is 5.21. The molecule has 1 aliphatic heterocycles. The summed E-state index contributed by atoms with van der Waals surface area (Å²) in [4.78, 5) is 2.32. The van der Waals surface area contributed by atoms with Crippen LogP contribution in [0.1, 0.15) is 24.8 Å². The van der Waals surface area contributed by atoms with Crippen LogP contribution in [-0.4, -0.2) is 41.8 Å². The Labute approximate surface area is 103 Å². The van der Waals surface area contributed by atoms with Gasteiger partial charge in [0, 0.05) is 18.6 Å². The SMILES string of the molecule is CC(N)C(CO)N1CCC(c2ccccc2)C1. The molecule has 0 spiro atoms. The van der Waals surface area contributed by atoms with Crippen LogP contribution in [0.5, 0.6) is 0 Å². The van der Waals surface area contributed by atoms with Gasteiger partial charge in [0.2, 0.25) is 0 Å². The molecule has 0 radical (unpaired) electrons. The van der Waals surface area contributed by atoms with E-state index in [0.717, 1.165) is 19.5 Å². The van der Waals surface area contributed by atoms with Gasteiger partial charge in [0.15, 0.2) is 0 Å². The number of nitrogens with zero attached hydrogens (tertiary/aromatic N) is 1. The fourth-order valence-electron chi connectivity index (χ4n) is 2.70. The summed E-state index contributed by atoms with van der Waals surface area (Å²) in [6, 6.07) is 10.7. The third kappa shape index (κ3) is 2.86. The van der Waals surface area contributed by atoms with Crippen LogP contribution < -0.4 is 5.73 Å². The molecular formula is C14H22N2O. The number of rotatable bonds is 4. The summed E-state index contributed by atoms with van der Waals surface area (Å²) in [7, 11) is 0. The molecule has 1 saturated heterocycles. The van der Waals surface area contributed by atoms with Crippen LogP contribution in [0.25, 0.3) is 0 Å². The summed E-state index contributed by atoms with van der Waals surface area (Å²) >= 11 is 0. The van der Waals surface area contributed by atoms with Crippen LogP contribution in [0.3, 0.4) is 0 Å². The van der Waals surface area contributed by atoms with E-state index < -0.39 is 0 Å². The van der Waals surface area contributed by atoms with Crippen molar-refractivity contribution in [2.45, 2.75) is 31.3 Å². The number of likely N-dealkylation sites (tertiary alicyclic amines) is 1. The molecule has 3 N–H and O–H groups in total. The molecule has 0 amide bonds. The van der Waals surface area contributed by atoms with E-state index >= 15 is 0 Å². The summed E-state index contributed by atoms with van der Waals surface area (Å²) in [6.45, 7) is 4.17. The van der Waals surface area contributed by atoms with E-state index in [1.165, 1.54) is 5.56 Å². The molecule has 0 saturated carbocycles. The van der Waals surface area contributed by atoms with E-state index in [1.807, 2.05) is 6.92 Å². The first-order chi connectivity index (χ1) is 8.22. The van der Waals surface area contributed by atoms with Crippen molar-refractivity contribution in [1.82, 2.24) is 4.90 Å². The lowest BCUT2D eigenvalue weighted by molar-refractivity contribution is 0.128. The van der Waals surface area contributed by atoms with E-state index in [9.17, 15) is 5.11 Å². The van der Waals surface area contributed by atoms with Gasteiger partial charge in [-0.2, -0.15) is 0 Å². The highest BCUT2D eigenvalue weighted by Gasteiger charge is 2.30. The number of nitrogens with two attached hydrogens (primary N) is 1. The summed E-state index contributed by atoms with van der Waals surface area (Å²) in [6.07, 6.45) is 1.16. The van der Waals surface area contributed by atoms with Gasteiger partial charge >= 0.3 is 0 Å². The molecule has 1 heterocycles. The molecule has 0 bridgehead atoms. The summed E-state index contributed by atoms with van der Waals surface area (Å²) in [5, 5.41) is 9.39. The topological polar surface area (TPSA) is 49.5 Å². The third-order valence-electron chi connectivity index (χ3n) is 3.75. The van der Waals surface area contributed by atoms with Crippen LogP contribution in [0.15, 0.2) is 30.3 Å². The van der Waals surface area contributed by atoms with Crippen LogP contribution in [0.4, 0.5) is 0 Å². The van der Waals surface area contributed by atoms with Crippen molar-refractivity contribution in [2.24, 2.45) is 5.73 Å². The second kappa shape index (κ2) is 5.63. The minimum Gasteiger partial charge on any atom is -0.395 e. The summed E-state index contributed by atoms with van der Waals surface area (Å²) in [5.41, 5.74) is 7.31. The molecule has 3 atom stereocenters. The minimum atomic E-state index is 0.0227. The molecule has 17 heavy (non-hydrogen) atoms. The fourth-order valence-corrected chi connectivity index (χ4v) is 2.70. The van der Waals surface area contributed by atoms with Gasteiger partial charge in [-0.1, -0.05) is 30.3 Å². The van der Waals surface area contributed by atoms with Crippen molar-refractivity contribution in [2.75, 3.05) is 19.7 Å². The fraction of sp³-hybridized carbons (Fsp3) is 0.571. The standard InChI is InChI=1S/C14H22N2O/c1-11(15)14(10-17)16-8-7-13(9-16)12-5-3-2-4-6-12/h2-6,11,13-14,17H,7-10,15H2,1H3. The molecule has 94 valence electrons. The van der Waals surface area contributed by atoms with Gasteiger partial charge in [-0.05, 0) is 31.4 Å². The van der Waals surface area contributed by atoms with Gasteiger partial charge in [-0.15, -0.1) is 0 Å². The zero-order chi connectivity index (χ0) is 12.3. The van der Waals surface area contributed by atoms with Crippen molar-refractivity contribution in [3.05, 3.63) is 35.9 Å². The number of hydrogen-bond donors (Lipinski definition) is 2. The Morgan fingerprint density at radius 3 is 2.71 bits per heavy atom. The number of hydrogen-bond acceptors (Lipinski definition) is 3. The van der Waals surface area contributed by atoms with Crippen molar-refractivity contribution in [3.63, 3.8) is 0 Å². The van der Waals surface area contributed by atoms with Gasteiger partial charge in [0.1, 0.15) is 0 Å².